The van der Waals surface area contributed by atoms with E-state index in [0.717, 1.165) is 38.4 Å². The topological polar surface area (TPSA) is 48.9 Å². The van der Waals surface area contributed by atoms with E-state index >= 15 is 0 Å². The van der Waals surface area contributed by atoms with Crippen molar-refractivity contribution in [3.63, 3.8) is 0 Å². The maximum Gasteiger partial charge on any atom is 0.191 e. The van der Waals surface area contributed by atoms with E-state index in [4.69, 9.17) is 9.73 Å². The molecule has 2 N–H and O–H groups in total. The first kappa shape index (κ1) is 22.0. The third-order valence-electron chi connectivity index (χ3n) is 4.75. The van der Waals surface area contributed by atoms with Crippen molar-refractivity contribution in [3.05, 3.63) is 0 Å². The highest BCUT2D eigenvalue weighted by atomic mass is 127. The van der Waals surface area contributed by atoms with E-state index in [9.17, 15) is 0 Å². The Hall–Kier alpha value is -0.0800. The van der Waals surface area contributed by atoms with E-state index < -0.39 is 0 Å². The standard InChI is InChI=1S/C18H36N4O.HI/c1-4-11-22(12-5-2)13-7-10-20-18(19-6-3)21-16-14-15-8-9-17(16)23-15;/h15-17H,4-14H2,1-3H3,(H2,19,20,21);1H. The molecule has 0 saturated carbocycles. The lowest BCUT2D eigenvalue weighted by atomic mass is 9.96. The number of halogens is 1. The maximum atomic E-state index is 5.92. The summed E-state index contributed by atoms with van der Waals surface area (Å²) >= 11 is 0. The molecule has 0 radical (unpaired) electrons. The first-order chi connectivity index (χ1) is 11.3. The molecule has 0 aromatic carbocycles. The lowest BCUT2D eigenvalue weighted by Crippen LogP contribution is -2.47. The molecule has 0 aromatic rings. The number of nitrogens with one attached hydrogen (secondary N) is 2. The van der Waals surface area contributed by atoms with Gasteiger partial charge in [0, 0.05) is 13.1 Å². The fourth-order valence-electron chi connectivity index (χ4n) is 3.74. The summed E-state index contributed by atoms with van der Waals surface area (Å²) in [5.74, 6) is 0.964. The predicted octanol–water partition coefficient (Wildman–Crippen LogP) is 2.99. The average molecular weight is 452 g/mol. The van der Waals surface area contributed by atoms with Crippen molar-refractivity contribution < 1.29 is 4.74 Å². The van der Waals surface area contributed by atoms with Gasteiger partial charge in [0.1, 0.15) is 0 Å². The van der Waals surface area contributed by atoms with Gasteiger partial charge in [-0.2, -0.15) is 0 Å². The van der Waals surface area contributed by atoms with Gasteiger partial charge in [-0.25, -0.2) is 0 Å². The van der Waals surface area contributed by atoms with E-state index in [1.54, 1.807) is 0 Å². The fourth-order valence-corrected chi connectivity index (χ4v) is 3.74. The molecule has 142 valence electrons. The molecular weight excluding hydrogens is 415 g/mol. The Balaban J connectivity index is 0.00000288. The minimum atomic E-state index is 0. The second-order valence-electron chi connectivity index (χ2n) is 6.82. The van der Waals surface area contributed by atoms with Crippen molar-refractivity contribution in [1.82, 2.24) is 15.5 Å². The van der Waals surface area contributed by atoms with Gasteiger partial charge in [0.05, 0.1) is 18.2 Å². The lowest BCUT2D eigenvalue weighted by molar-refractivity contribution is 0.0992. The molecule has 2 rings (SSSR count). The van der Waals surface area contributed by atoms with Gasteiger partial charge in [0.2, 0.25) is 0 Å². The summed E-state index contributed by atoms with van der Waals surface area (Å²) in [6.45, 7) is 12.0. The fraction of sp³-hybridized carbons (Fsp3) is 0.944. The van der Waals surface area contributed by atoms with Gasteiger partial charge >= 0.3 is 0 Å². The van der Waals surface area contributed by atoms with Crippen molar-refractivity contribution in [2.45, 2.75) is 77.5 Å². The highest BCUT2D eigenvalue weighted by molar-refractivity contribution is 14.0. The zero-order chi connectivity index (χ0) is 16.5. The second-order valence-corrected chi connectivity index (χ2v) is 6.82. The number of hydrogen-bond donors (Lipinski definition) is 2. The van der Waals surface area contributed by atoms with Crippen LogP contribution in [0.15, 0.2) is 4.99 Å². The first-order valence-electron chi connectivity index (χ1n) is 9.69. The molecule has 24 heavy (non-hydrogen) atoms. The predicted molar refractivity (Wildman–Crippen MR) is 112 cm³/mol. The number of hydrogen-bond acceptors (Lipinski definition) is 3. The summed E-state index contributed by atoms with van der Waals surface area (Å²) < 4.78 is 5.92. The summed E-state index contributed by atoms with van der Waals surface area (Å²) in [4.78, 5) is 7.32. The Morgan fingerprint density at radius 1 is 1.12 bits per heavy atom. The average Bonchev–Trinajstić information content (AvgIpc) is 3.14. The van der Waals surface area contributed by atoms with Crippen molar-refractivity contribution in [1.29, 1.82) is 0 Å². The summed E-state index contributed by atoms with van der Waals surface area (Å²) in [6, 6.07) is 0.447. The monoisotopic (exact) mass is 452 g/mol. The van der Waals surface area contributed by atoms with Crippen LogP contribution in [0.25, 0.3) is 0 Å². The molecule has 0 aliphatic carbocycles. The Morgan fingerprint density at radius 3 is 2.42 bits per heavy atom. The van der Waals surface area contributed by atoms with Gasteiger partial charge in [-0.15, -0.1) is 24.0 Å². The molecule has 0 amide bonds. The van der Waals surface area contributed by atoms with Gasteiger partial charge in [-0.3, -0.25) is 4.99 Å². The molecule has 5 nitrogen and oxygen atoms in total. The first-order valence-corrected chi connectivity index (χ1v) is 9.69. The smallest absolute Gasteiger partial charge is 0.191 e. The zero-order valence-corrected chi connectivity index (χ0v) is 18.1. The molecule has 2 aliphatic rings. The van der Waals surface area contributed by atoms with Crippen molar-refractivity contribution in [2.24, 2.45) is 4.99 Å². The van der Waals surface area contributed by atoms with E-state index in [1.165, 1.54) is 38.8 Å². The van der Waals surface area contributed by atoms with Crippen LogP contribution in [0.1, 0.15) is 59.3 Å². The third kappa shape index (κ3) is 7.04. The van der Waals surface area contributed by atoms with E-state index in [-0.39, 0.29) is 24.0 Å². The van der Waals surface area contributed by atoms with Crippen molar-refractivity contribution in [2.75, 3.05) is 32.7 Å². The number of rotatable bonds is 10. The van der Waals surface area contributed by atoms with E-state index in [2.05, 4.69) is 36.3 Å². The number of nitrogens with zero attached hydrogens (tertiary/aromatic N) is 2. The SMILES string of the molecule is CCCN(CCC)CCCN=C(NCC)NC1CC2CCC1O2.I. The molecule has 2 aliphatic heterocycles. The summed E-state index contributed by atoms with van der Waals surface area (Å²) in [7, 11) is 0. The van der Waals surface area contributed by atoms with Gasteiger partial charge in [0.15, 0.2) is 5.96 Å². The van der Waals surface area contributed by atoms with Gasteiger partial charge in [-0.05, 0) is 65.1 Å². The Kier molecular flexibility index (Phi) is 11.3. The molecule has 2 fully saturated rings. The lowest BCUT2D eigenvalue weighted by Gasteiger charge is -2.23. The Labute approximate surface area is 165 Å². The molecule has 3 atom stereocenters. The van der Waals surface area contributed by atoms with Crippen LogP contribution < -0.4 is 10.6 Å². The Morgan fingerprint density at radius 2 is 1.88 bits per heavy atom. The van der Waals surface area contributed by atoms with E-state index in [1.807, 2.05) is 0 Å². The zero-order valence-electron chi connectivity index (χ0n) is 15.7. The van der Waals surface area contributed by atoms with E-state index in [0.29, 0.717) is 18.2 Å². The largest absolute Gasteiger partial charge is 0.373 e. The molecule has 6 heteroatoms. The van der Waals surface area contributed by atoms with Gasteiger partial charge < -0.3 is 20.3 Å². The Bertz CT molecular complexity index is 361. The number of aliphatic imine (C=N–C) groups is 1. The van der Waals surface area contributed by atoms with Gasteiger partial charge in [-0.1, -0.05) is 13.8 Å². The normalized spacial score (nSPS) is 25.8. The maximum absolute atomic E-state index is 5.92. The van der Waals surface area contributed by atoms with Gasteiger partial charge in [0.25, 0.3) is 0 Å². The minimum Gasteiger partial charge on any atom is -0.373 e. The molecule has 0 spiro atoms. The second kappa shape index (κ2) is 12.3. The van der Waals surface area contributed by atoms with Crippen LogP contribution in [-0.4, -0.2) is 61.8 Å². The van der Waals surface area contributed by atoms with Crippen molar-refractivity contribution >= 4 is 29.9 Å². The quantitative estimate of drug-likeness (QED) is 0.232. The van der Waals surface area contributed by atoms with Crippen LogP contribution in [0.3, 0.4) is 0 Å². The van der Waals surface area contributed by atoms with Crippen molar-refractivity contribution in [3.8, 4) is 0 Å². The van der Waals surface area contributed by atoms with Crippen LogP contribution in [0, 0.1) is 0 Å². The summed E-state index contributed by atoms with van der Waals surface area (Å²) in [6.07, 6.45) is 8.05. The number of ether oxygens (including phenoxy) is 1. The molecule has 2 bridgehead atoms. The number of fused-ring (bicyclic) bond motifs is 2. The highest BCUT2D eigenvalue weighted by Gasteiger charge is 2.41. The van der Waals surface area contributed by atoms with Crippen LogP contribution in [0.2, 0.25) is 0 Å². The summed E-state index contributed by atoms with van der Waals surface area (Å²) in [5.41, 5.74) is 0. The number of guanidine groups is 1. The highest BCUT2D eigenvalue weighted by Crippen LogP contribution is 2.34. The van der Waals surface area contributed by atoms with Crippen LogP contribution in [-0.2, 0) is 4.74 Å². The molecule has 2 heterocycles. The third-order valence-corrected chi connectivity index (χ3v) is 4.75. The van der Waals surface area contributed by atoms with Crippen LogP contribution >= 0.6 is 24.0 Å². The summed E-state index contributed by atoms with van der Waals surface area (Å²) in [5, 5.41) is 6.96. The van der Waals surface area contributed by atoms with Crippen LogP contribution in [0.4, 0.5) is 0 Å². The molecule has 2 saturated heterocycles. The molecule has 0 aromatic heterocycles. The minimum absolute atomic E-state index is 0. The molecular formula is C18H37IN4O. The van der Waals surface area contributed by atoms with Crippen LogP contribution in [0.5, 0.6) is 0 Å². The molecule has 3 unspecified atom stereocenters.